The molecule has 114 valence electrons. The Labute approximate surface area is 126 Å². The van der Waals surface area contributed by atoms with Gasteiger partial charge >= 0.3 is 0 Å². The Hall–Kier alpha value is -0.620. The molecule has 5 nitrogen and oxygen atoms in total. The van der Waals surface area contributed by atoms with Gasteiger partial charge in [0.15, 0.2) is 0 Å². The first kappa shape index (κ1) is 15.8. The maximum absolute atomic E-state index is 4.19. The summed E-state index contributed by atoms with van der Waals surface area (Å²) >= 11 is 1.87. The largest absolute Gasteiger partial charge is 0.315 e. The second-order valence-electron chi connectivity index (χ2n) is 6.01. The Balaban J connectivity index is 1.78. The van der Waals surface area contributed by atoms with Crippen LogP contribution in [0, 0.1) is 5.92 Å². The van der Waals surface area contributed by atoms with Gasteiger partial charge in [0.25, 0.3) is 0 Å². The molecule has 0 amide bonds. The summed E-state index contributed by atoms with van der Waals surface area (Å²) in [5.41, 5.74) is 0. The molecular formula is C14H27N5S. The van der Waals surface area contributed by atoms with Gasteiger partial charge in [-0.05, 0) is 35.7 Å². The first-order valence-corrected chi connectivity index (χ1v) is 8.77. The standard InChI is InChI=1S/C14H27N5S/c1-12(2)11-15-9-10-19-14(16-17-18-19)20-13-7-5-3-4-6-8-13/h12-13,15H,3-11H2,1-2H3. The van der Waals surface area contributed by atoms with Crippen LogP contribution in [-0.2, 0) is 6.54 Å². The van der Waals surface area contributed by atoms with Gasteiger partial charge in [0.05, 0.1) is 6.54 Å². The molecule has 1 aliphatic carbocycles. The van der Waals surface area contributed by atoms with Gasteiger partial charge in [-0.3, -0.25) is 0 Å². The molecule has 1 fully saturated rings. The van der Waals surface area contributed by atoms with Gasteiger partial charge in [-0.15, -0.1) is 5.10 Å². The smallest absolute Gasteiger partial charge is 0.209 e. The van der Waals surface area contributed by atoms with Gasteiger partial charge in [-0.25, -0.2) is 4.68 Å². The van der Waals surface area contributed by atoms with E-state index in [1.54, 1.807) is 0 Å². The molecule has 1 aromatic rings. The van der Waals surface area contributed by atoms with Crippen LogP contribution in [0.4, 0.5) is 0 Å². The predicted molar refractivity (Wildman–Crippen MR) is 82.9 cm³/mol. The lowest BCUT2D eigenvalue weighted by Crippen LogP contribution is -2.24. The van der Waals surface area contributed by atoms with E-state index >= 15 is 0 Å². The van der Waals surface area contributed by atoms with Gasteiger partial charge < -0.3 is 5.32 Å². The van der Waals surface area contributed by atoms with Crippen molar-refractivity contribution in [2.45, 2.75) is 69.3 Å². The third-order valence-electron chi connectivity index (χ3n) is 3.63. The first-order valence-electron chi connectivity index (χ1n) is 7.89. The van der Waals surface area contributed by atoms with Crippen molar-refractivity contribution in [3.05, 3.63) is 0 Å². The average molecular weight is 297 g/mol. The summed E-state index contributed by atoms with van der Waals surface area (Å²) in [6, 6.07) is 0. The van der Waals surface area contributed by atoms with Crippen LogP contribution in [-0.4, -0.2) is 38.5 Å². The molecule has 20 heavy (non-hydrogen) atoms. The topological polar surface area (TPSA) is 55.6 Å². The van der Waals surface area contributed by atoms with E-state index in [9.17, 15) is 0 Å². The molecule has 0 atom stereocenters. The summed E-state index contributed by atoms with van der Waals surface area (Å²) < 4.78 is 1.95. The van der Waals surface area contributed by atoms with E-state index in [1.165, 1.54) is 38.5 Å². The van der Waals surface area contributed by atoms with E-state index in [0.29, 0.717) is 11.2 Å². The van der Waals surface area contributed by atoms with Gasteiger partial charge in [0, 0.05) is 11.8 Å². The summed E-state index contributed by atoms with van der Waals surface area (Å²) in [6.07, 6.45) is 8.11. The molecule has 2 rings (SSSR count). The van der Waals surface area contributed by atoms with Gasteiger partial charge in [0.2, 0.25) is 5.16 Å². The zero-order valence-electron chi connectivity index (χ0n) is 12.7. The summed E-state index contributed by atoms with van der Waals surface area (Å²) in [4.78, 5) is 0. The number of aromatic nitrogens is 4. The Kier molecular flexibility index (Phi) is 6.79. The minimum atomic E-state index is 0.684. The van der Waals surface area contributed by atoms with Crippen LogP contribution in [0.5, 0.6) is 0 Å². The second-order valence-corrected chi connectivity index (χ2v) is 7.28. The Morgan fingerprint density at radius 3 is 2.70 bits per heavy atom. The second kappa shape index (κ2) is 8.62. The summed E-state index contributed by atoms with van der Waals surface area (Å²) in [6.45, 7) is 7.28. The monoisotopic (exact) mass is 297 g/mol. The maximum Gasteiger partial charge on any atom is 0.209 e. The number of hydrogen-bond donors (Lipinski definition) is 1. The van der Waals surface area contributed by atoms with Gasteiger partial charge in [-0.2, -0.15) is 0 Å². The van der Waals surface area contributed by atoms with Crippen molar-refractivity contribution in [2.24, 2.45) is 5.92 Å². The molecule has 1 aliphatic rings. The van der Waals surface area contributed by atoms with Gasteiger partial charge in [-0.1, -0.05) is 51.3 Å². The highest BCUT2D eigenvalue weighted by Gasteiger charge is 2.17. The molecule has 0 saturated heterocycles. The van der Waals surface area contributed by atoms with E-state index in [1.807, 2.05) is 16.4 Å². The number of thioether (sulfide) groups is 1. The Bertz CT molecular complexity index is 371. The van der Waals surface area contributed by atoms with Crippen LogP contribution in [0.15, 0.2) is 5.16 Å². The van der Waals surface area contributed by atoms with E-state index < -0.39 is 0 Å². The minimum absolute atomic E-state index is 0.684. The minimum Gasteiger partial charge on any atom is -0.315 e. The average Bonchev–Trinajstić information content (AvgIpc) is 2.69. The third-order valence-corrected chi connectivity index (χ3v) is 4.93. The highest BCUT2D eigenvalue weighted by Crippen LogP contribution is 2.31. The highest BCUT2D eigenvalue weighted by molar-refractivity contribution is 7.99. The van der Waals surface area contributed by atoms with Crippen molar-refractivity contribution >= 4 is 11.8 Å². The zero-order chi connectivity index (χ0) is 14.2. The predicted octanol–water partition coefficient (Wildman–Crippen LogP) is 2.73. The lowest BCUT2D eigenvalue weighted by molar-refractivity contribution is 0.481. The first-order chi connectivity index (χ1) is 9.75. The fourth-order valence-electron chi connectivity index (χ4n) is 2.51. The summed E-state index contributed by atoms with van der Waals surface area (Å²) in [5.74, 6) is 0.684. The molecule has 1 N–H and O–H groups in total. The van der Waals surface area contributed by atoms with Crippen molar-refractivity contribution in [2.75, 3.05) is 13.1 Å². The fourth-order valence-corrected chi connectivity index (χ4v) is 3.71. The summed E-state index contributed by atoms with van der Waals surface area (Å²) in [7, 11) is 0. The molecule has 0 radical (unpaired) electrons. The van der Waals surface area contributed by atoms with Crippen LogP contribution in [0.25, 0.3) is 0 Å². The lowest BCUT2D eigenvalue weighted by Gasteiger charge is -2.13. The molecule has 1 saturated carbocycles. The van der Waals surface area contributed by atoms with E-state index in [-0.39, 0.29) is 0 Å². The van der Waals surface area contributed by atoms with Crippen LogP contribution in [0.2, 0.25) is 0 Å². The SMILES string of the molecule is CC(C)CNCCn1nnnc1SC1CCCCCC1. The molecule has 0 unspecified atom stereocenters. The van der Waals surface area contributed by atoms with Crippen LogP contribution in [0.3, 0.4) is 0 Å². The van der Waals surface area contributed by atoms with Crippen molar-refractivity contribution in [1.82, 2.24) is 25.5 Å². The zero-order valence-corrected chi connectivity index (χ0v) is 13.5. The lowest BCUT2D eigenvalue weighted by atomic mass is 10.2. The molecule has 0 aromatic carbocycles. The number of tetrazole rings is 1. The van der Waals surface area contributed by atoms with Crippen molar-refractivity contribution in [1.29, 1.82) is 0 Å². The molecule has 0 bridgehead atoms. The highest BCUT2D eigenvalue weighted by atomic mass is 32.2. The van der Waals surface area contributed by atoms with Crippen LogP contribution >= 0.6 is 11.8 Å². The summed E-state index contributed by atoms with van der Waals surface area (Å²) in [5, 5.41) is 17.3. The molecule has 1 aromatic heterocycles. The van der Waals surface area contributed by atoms with Crippen LogP contribution < -0.4 is 5.32 Å². The molecular weight excluding hydrogens is 270 g/mol. The Morgan fingerprint density at radius 1 is 1.25 bits per heavy atom. The molecule has 0 aliphatic heterocycles. The molecule has 6 heteroatoms. The Morgan fingerprint density at radius 2 is 2.00 bits per heavy atom. The number of nitrogens with one attached hydrogen (secondary N) is 1. The van der Waals surface area contributed by atoms with E-state index in [2.05, 4.69) is 34.7 Å². The fraction of sp³-hybridized carbons (Fsp3) is 0.929. The van der Waals surface area contributed by atoms with Crippen LogP contribution in [0.1, 0.15) is 52.4 Å². The quantitative estimate of drug-likeness (QED) is 0.619. The van der Waals surface area contributed by atoms with E-state index in [4.69, 9.17) is 0 Å². The van der Waals surface area contributed by atoms with Crippen molar-refractivity contribution < 1.29 is 0 Å². The number of nitrogens with zero attached hydrogens (tertiary/aromatic N) is 4. The maximum atomic E-state index is 4.19. The molecule has 0 spiro atoms. The third kappa shape index (κ3) is 5.40. The van der Waals surface area contributed by atoms with Crippen molar-refractivity contribution in [3.63, 3.8) is 0 Å². The van der Waals surface area contributed by atoms with E-state index in [0.717, 1.165) is 24.8 Å². The van der Waals surface area contributed by atoms with Crippen molar-refractivity contribution in [3.8, 4) is 0 Å². The number of hydrogen-bond acceptors (Lipinski definition) is 5. The molecule has 1 heterocycles. The normalized spacial score (nSPS) is 17.6. The number of rotatable bonds is 7. The van der Waals surface area contributed by atoms with Gasteiger partial charge in [0.1, 0.15) is 0 Å².